The van der Waals surface area contributed by atoms with E-state index in [9.17, 15) is 0 Å². The van der Waals surface area contributed by atoms with Gasteiger partial charge >= 0.3 is 0 Å². The maximum absolute atomic E-state index is 6.20. The van der Waals surface area contributed by atoms with Crippen molar-refractivity contribution in [2.45, 2.75) is 0 Å². The summed E-state index contributed by atoms with van der Waals surface area (Å²) in [6, 6.07) is 54.4. The third-order valence-electron chi connectivity index (χ3n) is 8.58. The van der Waals surface area contributed by atoms with Crippen LogP contribution in [0.15, 0.2) is 156 Å². The molecule has 0 N–H and O–H groups in total. The van der Waals surface area contributed by atoms with Crippen LogP contribution in [0.1, 0.15) is 0 Å². The molecule has 9 rings (SSSR count). The van der Waals surface area contributed by atoms with Crippen LogP contribution in [0.4, 0.5) is 0 Å². The first-order valence-electron chi connectivity index (χ1n) is 14.4. The first-order chi connectivity index (χ1) is 20.8. The molecule has 42 heavy (non-hydrogen) atoms. The van der Waals surface area contributed by atoms with Gasteiger partial charge in [-0.3, -0.25) is 0 Å². The molecule has 0 bridgehead atoms. The maximum atomic E-state index is 6.20. The summed E-state index contributed by atoms with van der Waals surface area (Å²) >= 11 is 0. The Morgan fingerprint density at radius 3 is 1.90 bits per heavy atom. The fourth-order valence-corrected chi connectivity index (χ4v) is 6.67. The van der Waals surface area contributed by atoms with Crippen molar-refractivity contribution >= 4 is 54.5 Å². The van der Waals surface area contributed by atoms with E-state index in [0.717, 1.165) is 27.6 Å². The van der Waals surface area contributed by atoms with Crippen LogP contribution in [-0.2, 0) is 0 Å². The number of para-hydroxylation sites is 2. The van der Waals surface area contributed by atoms with Crippen LogP contribution in [-0.4, -0.2) is 4.57 Å². The van der Waals surface area contributed by atoms with Crippen molar-refractivity contribution in [1.29, 1.82) is 0 Å². The van der Waals surface area contributed by atoms with Crippen molar-refractivity contribution in [3.8, 4) is 27.9 Å². The van der Waals surface area contributed by atoms with Gasteiger partial charge in [0.2, 0.25) is 0 Å². The van der Waals surface area contributed by atoms with Crippen LogP contribution < -0.4 is 0 Å². The predicted octanol–water partition coefficient (Wildman–Crippen LogP) is 11.2. The van der Waals surface area contributed by atoms with Gasteiger partial charge in [0.15, 0.2) is 0 Å². The summed E-state index contributed by atoms with van der Waals surface area (Å²) in [5.74, 6) is 0. The number of rotatable bonds is 3. The fourth-order valence-electron chi connectivity index (χ4n) is 6.67. The Balaban J connectivity index is 1.39. The minimum atomic E-state index is 0.911. The molecule has 0 saturated carbocycles. The Morgan fingerprint density at radius 1 is 0.405 bits per heavy atom. The van der Waals surface area contributed by atoms with Crippen LogP contribution >= 0.6 is 0 Å². The lowest BCUT2D eigenvalue weighted by atomic mass is 9.94. The SMILES string of the molecule is c1ccc(-c2ccc(-n3c4ccccc4c4cc5ccccc5c(-c5ccc6oc7ccccc7c6c5)c43)cc2)cc1. The van der Waals surface area contributed by atoms with Crippen molar-refractivity contribution in [2.24, 2.45) is 0 Å². The van der Waals surface area contributed by atoms with Gasteiger partial charge < -0.3 is 8.98 Å². The van der Waals surface area contributed by atoms with E-state index in [1.807, 2.05) is 12.1 Å². The largest absolute Gasteiger partial charge is 0.456 e. The number of hydrogen-bond acceptors (Lipinski definition) is 1. The summed E-state index contributed by atoms with van der Waals surface area (Å²) < 4.78 is 8.65. The molecule has 0 aliphatic heterocycles. The number of furan rings is 1. The van der Waals surface area contributed by atoms with Gasteiger partial charge in [-0.05, 0) is 69.9 Å². The molecule has 0 aliphatic carbocycles. The Kier molecular flexibility index (Phi) is 4.93. The first kappa shape index (κ1) is 23.1. The van der Waals surface area contributed by atoms with E-state index in [1.165, 1.54) is 54.8 Å². The van der Waals surface area contributed by atoms with Crippen LogP contribution in [0.2, 0.25) is 0 Å². The zero-order valence-corrected chi connectivity index (χ0v) is 22.8. The normalized spacial score (nSPS) is 11.8. The highest BCUT2D eigenvalue weighted by Gasteiger charge is 2.20. The molecule has 0 amide bonds. The second kappa shape index (κ2) is 8.95. The first-order valence-corrected chi connectivity index (χ1v) is 14.4. The average molecular weight is 536 g/mol. The summed E-state index contributed by atoms with van der Waals surface area (Å²) in [5.41, 5.74) is 10.2. The third-order valence-corrected chi connectivity index (χ3v) is 8.58. The molecule has 0 spiro atoms. The van der Waals surface area contributed by atoms with Crippen molar-refractivity contribution in [3.05, 3.63) is 152 Å². The van der Waals surface area contributed by atoms with Gasteiger partial charge in [0.05, 0.1) is 11.0 Å². The summed E-state index contributed by atoms with van der Waals surface area (Å²) in [6.45, 7) is 0. The van der Waals surface area contributed by atoms with E-state index in [4.69, 9.17) is 4.42 Å². The molecule has 196 valence electrons. The van der Waals surface area contributed by atoms with E-state index in [0.29, 0.717) is 0 Å². The number of hydrogen-bond donors (Lipinski definition) is 0. The Bertz CT molecular complexity index is 2440. The van der Waals surface area contributed by atoms with Gasteiger partial charge in [0.1, 0.15) is 11.2 Å². The summed E-state index contributed by atoms with van der Waals surface area (Å²) in [5, 5.41) is 7.26. The zero-order chi connectivity index (χ0) is 27.6. The minimum Gasteiger partial charge on any atom is -0.456 e. The molecule has 2 heteroatoms. The maximum Gasteiger partial charge on any atom is 0.135 e. The van der Waals surface area contributed by atoms with Gasteiger partial charge in [-0.1, -0.05) is 109 Å². The Morgan fingerprint density at radius 2 is 1.05 bits per heavy atom. The topological polar surface area (TPSA) is 18.1 Å². The summed E-state index contributed by atoms with van der Waals surface area (Å²) in [7, 11) is 0. The monoisotopic (exact) mass is 535 g/mol. The Hall–Kier alpha value is -5.60. The van der Waals surface area contributed by atoms with Crippen molar-refractivity contribution in [3.63, 3.8) is 0 Å². The number of nitrogens with zero attached hydrogens (tertiary/aromatic N) is 1. The molecule has 2 nitrogen and oxygen atoms in total. The second-order valence-electron chi connectivity index (χ2n) is 10.9. The smallest absolute Gasteiger partial charge is 0.135 e. The standard InChI is InChI=1S/C40H25NO/c1-2-10-26(11-3-1)27-18-21-30(22-19-27)41-36-16-8-6-14-32(36)35-24-28-12-4-5-13-31(28)39(40(35)41)29-20-23-38-34(25-29)33-15-7-9-17-37(33)42-38/h1-25H. The summed E-state index contributed by atoms with van der Waals surface area (Å²) in [6.07, 6.45) is 0. The van der Waals surface area contributed by atoms with Crippen LogP contribution in [0, 0.1) is 0 Å². The third kappa shape index (κ3) is 3.39. The highest BCUT2D eigenvalue weighted by molar-refractivity contribution is 6.22. The molecule has 0 radical (unpaired) electrons. The minimum absolute atomic E-state index is 0.911. The van der Waals surface area contributed by atoms with E-state index in [-0.39, 0.29) is 0 Å². The van der Waals surface area contributed by atoms with Crippen molar-refractivity contribution in [1.82, 2.24) is 4.57 Å². The molecule has 9 aromatic rings. The van der Waals surface area contributed by atoms with Crippen molar-refractivity contribution in [2.75, 3.05) is 0 Å². The molecule has 0 saturated heterocycles. The lowest BCUT2D eigenvalue weighted by molar-refractivity contribution is 0.669. The van der Waals surface area contributed by atoms with Gasteiger partial charge in [-0.2, -0.15) is 0 Å². The van der Waals surface area contributed by atoms with Gasteiger partial charge in [-0.15, -0.1) is 0 Å². The number of benzene rings is 7. The summed E-state index contributed by atoms with van der Waals surface area (Å²) in [4.78, 5) is 0. The molecule has 0 atom stereocenters. The van der Waals surface area contributed by atoms with E-state index < -0.39 is 0 Å². The molecule has 0 fully saturated rings. The van der Waals surface area contributed by atoms with Gasteiger partial charge in [-0.25, -0.2) is 0 Å². The molecular weight excluding hydrogens is 510 g/mol. The van der Waals surface area contributed by atoms with Crippen LogP contribution in [0.3, 0.4) is 0 Å². The number of fused-ring (bicyclic) bond motifs is 7. The Labute approximate surface area is 242 Å². The highest BCUT2D eigenvalue weighted by atomic mass is 16.3. The van der Waals surface area contributed by atoms with Gasteiger partial charge in [0.25, 0.3) is 0 Å². The van der Waals surface area contributed by atoms with Crippen molar-refractivity contribution < 1.29 is 4.42 Å². The predicted molar refractivity (Wildman–Crippen MR) is 176 cm³/mol. The molecule has 2 heterocycles. The van der Waals surface area contributed by atoms with E-state index in [1.54, 1.807) is 0 Å². The zero-order valence-electron chi connectivity index (χ0n) is 22.8. The second-order valence-corrected chi connectivity index (χ2v) is 10.9. The quantitative estimate of drug-likeness (QED) is 0.220. The molecule has 7 aromatic carbocycles. The fraction of sp³-hybridized carbons (Fsp3) is 0. The van der Waals surface area contributed by atoms with E-state index in [2.05, 4.69) is 144 Å². The molecule has 0 unspecified atom stereocenters. The van der Waals surface area contributed by atoms with Crippen LogP contribution in [0.25, 0.3) is 82.5 Å². The lowest BCUT2D eigenvalue weighted by Gasteiger charge is -2.15. The lowest BCUT2D eigenvalue weighted by Crippen LogP contribution is -1.96. The van der Waals surface area contributed by atoms with Gasteiger partial charge in [0, 0.05) is 32.8 Å². The molecule has 0 aliphatic rings. The molecular formula is C40H25NO. The number of aromatic nitrogens is 1. The average Bonchev–Trinajstić information content (AvgIpc) is 3.59. The molecule has 2 aromatic heterocycles. The van der Waals surface area contributed by atoms with E-state index >= 15 is 0 Å². The van der Waals surface area contributed by atoms with Crippen LogP contribution in [0.5, 0.6) is 0 Å². The highest BCUT2D eigenvalue weighted by Crippen LogP contribution is 2.44.